The van der Waals surface area contributed by atoms with Gasteiger partial charge in [-0.1, -0.05) is 11.6 Å². The molecular weight excluding hydrogens is 412 g/mol. The smallest absolute Gasteiger partial charge is 0.381 e. The molecule has 1 atom stereocenters. The highest BCUT2D eigenvalue weighted by Crippen LogP contribution is 2.39. The van der Waals surface area contributed by atoms with Crippen LogP contribution < -0.4 is 5.32 Å². The van der Waals surface area contributed by atoms with Gasteiger partial charge >= 0.3 is 6.18 Å². The second kappa shape index (κ2) is 10.3. The molecule has 0 aromatic heterocycles. The molecular formula is C17H24Cl3F3N2O. The fraction of sp³-hybridized carbons (Fsp3) is 0.647. The number of hydrogen-bond acceptors (Lipinski definition) is 3. The summed E-state index contributed by atoms with van der Waals surface area (Å²) < 4.78 is 45.0. The molecule has 0 radical (unpaired) electrons. The lowest BCUT2D eigenvalue weighted by molar-refractivity contribution is -0.137. The Hall–Kier alpha value is -0.240. The van der Waals surface area contributed by atoms with Crippen LogP contribution in [0, 0.1) is 5.92 Å². The van der Waals surface area contributed by atoms with Crippen molar-refractivity contribution in [1.82, 2.24) is 10.2 Å². The summed E-state index contributed by atoms with van der Waals surface area (Å²) in [6.07, 6.45) is -2.66. The topological polar surface area (TPSA) is 24.5 Å². The molecule has 9 heteroatoms. The van der Waals surface area contributed by atoms with Crippen LogP contribution in [-0.4, -0.2) is 44.3 Å². The Labute approximate surface area is 169 Å². The van der Waals surface area contributed by atoms with Crippen molar-refractivity contribution < 1.29 is 17.9 Å². The summed E-state index contributed by atoms with van der Waals surface area (Å²) in [4.78, 5) is 2.29. The lowest BCUT2D eigenvalue weighted by atomic mass is 9.85. The molecule has 2 saturated heterocycles. The molecule has 150 valence electrons. The molecule has 0 amide bonds. The Morgan fingerprint density at radius 3 is 2.27 bits per heavy atom. The van der Waals surface area contributed by atoms with Gasteiger partial charge in [0.1, 0.15) is 0 Å². The van der Waals surface area contributed by atoms with Crippen molar-refractivity contribution in [2.45, 2.75) is 25.1 Å². The minimum atomic E-state index is -4.39. The van der Waals surface area contributed by atoms with Crippen molar-refractivity contribution in [2.24, 2.45) is 5.92 Å². The zero-order valence-corrected chi connectivity index (χ0v) is 16.6. The summed E-state index contributed by atoms with van der Waals surface area (Å²) in [5.41, 5.74) is 0.000758. The van der Waals surface area contributed by atoms with E-state index >= 15 is 0 Å². The SMILES string of the molecule is Cl.Cl.FC(F)(F)c1cc(Cl)cc([C@@H](C2CCOCC2)N2CCNCC2)c1. The third kappa shape index (κ3) is 5.88. The first-order valence-corrected chi connectivity index (χ1v) is 8.73. The van der Waals surface area contributed by atoms with E-state index in [1.807, 2.05) is 0 Å². The molecule has 0 bridgehead atoms. The molecule has 0 spiro atoms. The van der Waals surface area contributed by atoms with Gasteiger partial charge < -0.3 is 10.1 Å². The number of alkyl halides is 3. The fourth-order valence-electron chi connectivity index (χ4n) is 3.72. The van der Waals surface area contributed by atoms with Crippen molar-refractivity contribution >= 4 is 36.4 Å². The summed E-state index contributed by atoms with van der Waals surface area (Å²) in [5.74, 6) is 0.288. The predicted octanol–water partition coefficient (Wildman–Crippen LogP) is 4.58. The lowest BCUT2D eigenvalue weighted by Crippen LogP contribution is -2.47. The van der Waals surface area contributed by atoms with E-state index in [2.05, 4.69) is 10.2 Å². The number of benzene rings is 1. The van der Waals surface area contributed by atoms with Crippen LogP contribution in [0.1, 0.15) is 30.0 Å². The summed E-state index contributed by atoms with van der Waals surface area (Å²) >= 11 is 6.02. The van der Waals surface area contributed by atoms with Gasteiger partial charge in [0.15, 0.2) is 0 Å². The third-order valence-corrected chi connectivity index (χ3v) is 5.06. The van der Waals surface area contributed by atoms with Gasteiger partial charge in [0.05, 0.1) is 5.56 Å². The van der Waals surface area contributed by atoms with Gasteiger partial charge in [-0.3, -0.25) is 4.90 Å². The first kappa shape index (κ1) is 23.8. The average Bonchev–Trinajstić information content (AvgIpc) is 2.56. The Balaban J connectivity index is 0.00000169. The van der Waals surface area contributed by atoms with Crippen LogP contribution >= 0.6 is 36.4 Å². The van der Waals surface area contributed by atoms with Crippen LogP contribution in [0.5, 0.6) is 0 Å². The van der Waals surface area contributed by atoms with Gasteiger partial charge in [-0.25, -0.2) is 0 Å². The standard InChI is InChI=1S/C17H22ClF3N2O.2ClH/c18-15-10-13(9-14(11-15)17(19,20)21)16(12-1-7-24-8-2-12)23-5-3-22-4-6-23;;/h9-12,16,22H,1-8H2;2*1H/t16-;;/m1../s1. The van der Waals surface area contributed by atoms with Gasteiger partial charge in [0.2, 0.25) is 0 Å². The van der Waals surface area contributed by atoms with E-state index in [1.54, 1.807) is 6.07 Å². The second-order valence-corrected chi connectivity index (χ2v) is 6.89. The number of hydrogen-bond donors (Lipinski definition) is 1. The molecule has 3 nitrogen and oxygen atoms in total. The highest BCUT2D eigenvalue weighted by molar-refractivity contribution is 6.30. The molecule has 1 aromatic carbocycles. The maximum absolute atomic E-state index is 13.2. The number of piperazine rings is 1. The van der Waals surface area contributed by atoms with Crippen LogP contribution in [-0.2, 0) is 10.9 Å². The Bertz CT molecular complexity index is 545. The van der Waals surface area contributed by atoms with E-state index in [0.717, 1.165) is 45.1 Å². The molecule has 2 aliphatic heterocycles. The largest absolute Gasteiger partial charge is 0.416 e. The van der Waals surface area contributed by atoms with Crippen molar-refractivity contribution in [2.75, 3.05) is 39.4 Å². The van der Waals surface area contributed by atoms with Crippen LogP contribution in [0.4, 0.5) is 13.2 Å². The van der Waals surface area contributed by atoms with E-state index in [4.69, 9.17) is 16.3 Å². The highest BCUT2D eigenvalue weighted by Gasteiger charge is 2.35. The molecule has 2 fully saturated rings. The average molecular weight is 436 g/mol. The minimum absolute atomic E-state index is 0. The number of ether oxygens (including phenoxy) is 1. The first-order chi connectivity index (χ1) is 11.4. The van der Waals surface area contributed by atoms with E-state index < -0.39 is 11.7 Å². The molecule has 0 saturated carbocycles. The highest BCUT2D eigenvalue weighted by atomic mass is 35.5. The maximum atomic E-state index is 13.2. The van der Waals surface area contributed by atoms with Crippen LogP contribution in [0.25, 0.3) is 0 Å². The summed E-state index contributed by atoms with van der Waals surface area (Å²) in [6, 6.07) is 3.92. The van der Waals surface area contributed by atoms with Crippen LogP contribution in [0.2, 0.25) is 5.02 Å². The minimum Gasteiger partial charge on any atom is -0.381 e. The molecule has 1 aromatic rings. The quantitative estimate of drug-likeness (QED) is 0.752. The summed E-state index contributed by atoms with van der Waals surface area (Å²) in [7, 11) is 0. The first-order valence-electron chi connectivity index (χ1n) is 8.35. The fourth-order valence-corrected chi connectivity index (χ4v) is 3.96. The molecule has 0 unspecified atom stereocenters. The van der Waals surface area contributed by atoms with E-state index in [1.165, 1.54) is 6.07 Å². The molecule has 0 aliphatic carbocycles. The number of halogens is 6. The van der Waals surface area contributed by atoms with Gasteiger partial charge in [-0.05, 0) is 42.5 Å². The maximum Gasteiger partial charge on any atom is 0.416 e. The summed E-state index contributed by atoms with van der Waals surface area (Å²) in [6.45, 7) is 4.70. The van der Waals surface area contributed by atoms with Gasteiger partial charge in [0.25, 0.3) is 0 Å². The summed E-state index contributed by atoms with van der Waals surface area (Å²) in [5, 5.41) is 3.44. The third-order valence-electron chi connectivity index (χ3n) is 4.85. The van der Waals surface area contributed by atoms with Crippen molar-refractivity contribution in [3.8, 4) is 0 Å². The molecule has 3 rings (SSSR count). The van der Waals surface area contributed by atoms with Crippen LogP contribution in [0.15, 0.2) is 18.2 Å². The monoisotopic (exact) mass is 434 g/mol. The Morgan fingerprint density at radius 1 is 1.08 bits per heavy atom. The molecule has 2 heterocycles. The number of rotatable bonds is 3. The van der Waals surface area contributed by atoms with E-state index in [-0.39, 0.29) is 41.8 Å². The number of nitrogens with zero attached hydrogens (tertiary/aromatic N) is 1. The Kier molecular flexibility index (Phi) is 9.47. The van der Waals surface area contributed by atoms with E-state index in [0.29, 0.717) is 18.8 Å². The molecule has 26 heavy (non-hydrogen) atoms. The van der Waals surface area contributed by atoms with Gasteiger partial charge in [0, 0.05) is 50.5 Å². The Morgan fingerprint density at radius 2 is 1.69 bits per heavy atom. The number of nitrogens with one attached hydrogen (secondary N) is 1. The molecule has 1 N–H and O–H groups in total. The van der Waals surface area contributed by atoms with Crippen molar-refractivity contribution in [3.63, 3.8) is 0 Å². The molecule has 2 aliphatic rings. The lowest BCUT2D eigenvalue weighted by Gasteiger charge is -2.41. The zero-order chi connectivity index (χ0) is 17.2. The van der Waals surface area contributed by atoms with Crippen LogP contribution in [0.3, 0.4) is 0 Å². The second-order valence-electron chi connectivity index (χ2n) is 6.45. The normalized spacial score (nSPS) is 20.8. The van der Waals surface area contributed by atoms with Gasteiger partial charge in [-0.2, -0.15) is 13.2 Å². The van der Waals surface area contributed by atoms with Crippen molar-refractivity contribution in [1.29, 1.82) is 0 Å². The van der Waals surface area contributed by atoms with Crippen molar-refractivity contribution in [3.05, 3.63) is 34.3 Å². The predicted molar refractivity (Wildman–Crippen MR) is 102 cm³/mol. The van der Waals surface area contributed by atoms with Gasteiger partial charge in [-0.15, -0.1) is 24.8 Å². The van der Waals surface area contributed by atoms with E-state index in [9.17, 15) is 13.2 Å². The zero-order valence-electron chi connectivity index (χ0n) is 14.2.